The number of aromatic nitrogens is 3. The van der Waals surface area contributed by atoms with Crippen molar-refractivity contribution in [3.63, 3.8) is 0 Å². The molecule has 0 radical (unpaired) electrons. The zero-order valence-electron chi connectivity index (χ0n) is 43.6. The number of hydrogen-bond acceptors (Lipinski definition) is 15. The van der Waals surface area contributed by atoms with Crippen LogP contribution < -0.4 is 25.4 Å². The van der Waals surface area contributed by atoms with Gasteiger partial charge in [0.1, 0.15) is 37.1 Å². The average Bonchev–Trinajstić information content (AvgIpc) is 3.99. The lowest BCUT2D eigenvalue weighted by molar-refractivity contribution is -0.144. The van der Waals surface area contributed by atoms with Gasteiger partial charge in [-0.1, -0.05) is 82.6 Å². The lowest BCUT2D eigenvalue weighted by atomic mass is 9.77. The number of unbranched alkanes of at least 4 members (excludes halogenated alkanes) is 2. The molecule has 402 valence electrons. The summed E-state index contributed by atoms with van der Waals surface area (Å²) in [5, 5.41) is 30.2. The Morgan fingerprint density at radius 3 is 2.35 bits per heavy atom. The number of hydrogen-bond donors (Lipinski definition) is 5. The maximum absolute atomic E-state index is 14.0. The third-order valence-corrected chi connectivity index (χ3v) is 14.5. The van der Waals surface area contributed by atoms with Gasteiger partial charge in [0.05, 0.1) is 50.4 Å². The Bertz CT molecular complexity index is 2890. The predicted octanol–water partition coefficient (Wildman–Crippen LogP) is 7.52. The number of aryl methyl sites for hydroxylation is 1. The number of aliphatic hydroxyl groups excluding tert-OH is 1. The minimum atomic E-state index is -3.52. The van der Waals surface area contributed by atoms with Gasteiger partial charge in [0.2, 0.25) is 33.7 Å². The Hall–Kier alpha value is -6.21. The zero-order chi connectivity index (χ0) is 54.3. The van der Waals surface area contributed by atoms with Crippen LogP contribution in [0.15, 0.2) is 78.4 Å². The summed E-state index contributed by atoms with van der Waals surface area (Å²) in [6.45, 7) is 13.5. The summed E-state index contributed by atoms with van der Waals surface area (Å²) in [5.74, 6) is -0.715. The summed E-state index contributed by atoms with van der Waals surface area (Å²) in [6, 6.07) is 21.3. The fourth-order valence-corrected chi connectivity index (χ4v) is 9.98. The number of carbonyl (C=O) groups is 3. The highest BCUT2D eigenvalue weighted by Crippen LogP contribution is 2.38. The minimum absolute atomic E-state index is 0.0194. The molecule has 0 saturated carbocycles. The van der Waals surface area contributed by atoms with Crippen molar-refractivity contribution >= 4 is 62.3 Å². The van der Waals surface area contributed by atoms with E-state index in [1.54, 1.807) is 17.4 Å². The summed E-state index contributed by atoms with van der Waals surface area (Å²) in [5.41, 5.74) is 6.88. The van der Waals surface area contributed by atoms with Crippen LogP contribution in [0.1, 0.15) is 100 Å². The number of rotatable bonds is 26. The molecule has 2 aromatic heterocycles. The first-order valence-electron chi connectivity index (χ1n) is 24.8. The van der Waals surface area contributed by atoms with Gasteiger partial charge in [-0.2, -0.15) is 5.26 Å². The normalized spacial score (nSPS) is 15.2. The van der Waals surface area contributed by atoms with Gasteiger partial charge in [-0.3, -0.25) is 19.1 Å². The third kappa shape index (κ3) is 16.9. The zero-order valence-corrected chi connectivity index (χ0v) is 46.0. The van der Waals surface area contributed by atoms with Crippen LogP contribution in [0.4, 0.5) is 11.6 Å². The fourth-order valence-electron chi connectivity index (χ4n) is 8.45. The van der Waals surface area contributed by atoms with E-state index in [1.807, 2.05) is 93.9 Å². The number of carbonyl (C=O) groups excluding carboxylic acids is 3. The molecule has 0 unspecified atom stereocenters. The lowest BCUT2D eigenvalue weighted by Gasteiger charge is -2.35. The Kier molecular flexibility index (Phi) is 20.5. The maximum Gasteiger partial charge on any atom is 0.246 e. The molecule has 0 aliphatic carbocycles. The van der Waals surface area contributed by atoms with Crippen molar-refractivity contribution in [3.05, 3.63) is 117 Å². The van der Waals surface area contributed by atoms with Crippen LogP contribution in [0.2, 0.25) is 5.02 Å². The molecule has 5 N–H and O–H groups in total. The van der Waals surface area contributed by atoms with Gasteiger partial charge in [-0.05, 0) is 90.6 Å². The summed E-state index contributed by atoms with van der Waals surface area (Å²) in [4.78, 5) is 55.4. The van der Waals surface area contributed by atoms with Crippen LogP contribution in [0, 0.1) is 23.7 Å². The quantitative estimate of drug-likeness (QED) is 0.0336. The molecule has 18 nitrogen and oxygen atoms in total. The molecule has 6 rings (SSSR count). The second-order valence-electron chi connectivity index (χ2n) is 20.1. The van der Waals surface area contributed by atoms with E-state index in [9.17, 15) is 33.2 Å². The largest absolute Gasteiger partial charge is 0.487 e. The number of nitriles is 1. The number of thiazole rings is 1. The second kappa shape index (κ2) is 26.5. The van der Waals surface area contributed by atoms with E-state index in [2.05, 4.69) is 55.5 Å². The average molecular weight is 1090 g/mol. The Labute approximate surface area is 449 Å². The molecule has 0 spiro atoms. The van der Waals surface area contributed by atoms with Gasteiger partial charge >= 0.3 is 0 Å². The van der Waals surface area contributed by atoms with Crippen LogP contribution in [0.3, 0.4) is 0 Å². The number of likely N-dealkylation sites (tertiary alicyclic amines) is 1. The first kappa shape index (κ1) is 58.1. The number of halogens is 1. The first-order chi connectivity index (χ1) is 35.6. The number of β-amino-alcohol motifs (C(OH)–C–C–N with tert-alkyl or cyclic N) is 1. The van der Waals surface area contributed by atoms with Gasteiger partial charge in [0.15, 0.2) is 0 Å². The van der Waals surface area contributed by atoms with E-state index in [0.717, 1.165) is 58.3 Å². The predicted molar refractivity (Wildman–Crippen MR) is 290 cm³/mol. The van der Waals surface area contributed by atoms with E-state index in [0.29, 0.717) is 53.9 Å². The number of nitrogens with one attached hydrogen (secondary N) is 4. The molecule has 75 heavy (non-hydrogen) atoms. The van der Waals surface area contributed by atoms with E-state index in [1.165, 1.54) is 11.1 Å². The number of ether oxygens (including phenoxy) is 3. The van der Waals surface area contributed by atoms with E-state index in [-0.39, 0.29) is 51.2 Å². The third-order valence-electron chi connectivity index (χ3n) is 12.7. The number of nitrogens with zero attached hydrogens (tertiary/aromatic N) is 5. The fraction of sp³-hybridized carbons (Fsp3) is 0.463. The molecule has 1 saturated heterocycles. The van der Waals surface area contributed by atoms with Gasteiger partial charge in [0.25, 0.3) is 0 Å². The molecule has 3 heterocycles. The summed E-state index contributed by atoms with van der Waals surface area (Å²) in [6.07, 6.45) is 4.80. The smallest absolute Gasteiger partial charge is 0.246 e. The molecule has 1 aliphatic heterocycles. The minimum Gasteiger partial charge on any atom is -0.487 e. The SMILES string of the molecule is Cc1ncsc1-c1ccc(CNC(=O)[C@@H]2C[C@@H](O)CN2C(=O)[C@@H](NC(=O)COCCCOCCCCCNc2c(Cl)cc(C(C)(C)c3ccc(OCc4ccnc(NS(C)(=O)=O)n4)cc3)cc2C#N)C(C)(C)C)cc1. The van der Waals surface area contributed by atoms with E-state index in [4.69, 9.17) is 25.8 Å². The highest BCUT2D eigenvalue weighted by molar-refractivity contribution is 7.92. The number of benzene rings is 3. The number of amides is 3. The first-order valence-corrected chi connectivity index (χ1v) is 28.0. The van der Waals surface area contributed by atoms with Gasteiger partial charge < -0.3 is 40.2 Å². The molecule has 21 heteroatoms. The van der Waals surface area contributed by atoms with Crippen LogP contribution in [0.5, 0.6) is 5.75 Å². The summed E-state index contributed by atoms with van der Waals surface area (Å²) >= 11 is 8.36. The van der Waals surface area contributed by atoms with Gasteiger partial charge in [-0.15, -0.1) is 11.3 Å². The molecule has 3 atom stereocenters. The molecule has 3 amide bonds. The highest BCUT2D eigenvalue weighted by atomic mass is 35.5. The van der Waals surface area contributed by atoms with Crippen LogP contribution in [0.25, 0.3) is 10.4 Å². The van der Waals surface area contributed by atoms with Crippen molar-refractivity contribution < 1.29 is 42.1 Å². The van der Waals surface area contributed by atoms with Crippen LogP contribution in [-0.4, -0.2) is 115 Å². The molecule has 5 aromatic rings. The Morgan fingerprint density at radius 1 is 0.947 bits per heavy atom. The van der Waals surface area contributed by atoms with Crippen molar-refractivity contribution in [2.45, 2.75) is 110 Å². The van der Waals surface area contributed by atoms with Crippen LogP contribution in [-0.2, 0) is 52.4 Å². The van der Waals surface area contributed by atoms with Crippen molar-refractivity contribution in [1.29, 1.82) is 5.26 Å². The van der Waals surface area contributed by atoms with Crippen LogP contribution >= 0.6 is 22.9 Å². The van der Waals surface area contributed by atoms with Crippen molar-refractivity contribution in [2.24, 2.45) is 5.41 Å². The molecular formula is C54H68ClN9O9S2. The number of sulfonamides is 1. The molecule has 1 aliphatic rings. The Morgan fingerprint density at radius 2 is 1.67 bits per heavy atom. The molecule has 1 fully saturated rings. The lowest BCUT2D eigenvalue weighted by Crippen LogP contribution is -2.58. The highest BCUT2D eigenvalue weighted by Gasteiger charge is 2.44. The summed E-state index contributed by atoms with van der Waals surface area (Å²) < 4.78 is 42.7. The van der Waals surface area contributed by atoms with Gasteiger partial charge in [0, 0.05) is 57.5 Å². The summed E-state index contributed by atoms with van der Waals surface area (Å²) in [7, 11) is -3.52. The number of aliphatic hydroxyl groups is 1. The molecule has 3 aromatic carbocycles. The standard InChI is InChI=1S/C54H68ClN9O9S2/c1-35-48(74-34-60-35)37-14-12-36(13-15-37)30-59-50(67)45-28-42(65)31-64(45)51(68)49(53(2,3)4)62-46(66)33-72-25-11-24-71-23-10-8-9-21-57-47-38(29-56)26-40(27-44(47)55)54(5,6)39-16-18-43(19-17-39)73-32-41-20-22-58-52(61-41)63-75(7,69)70/h12-20,22,26-27,34,42,45,49,57,65H,8-11,21,23-25,28,30-33H2,1-7H3,(H,59,67)(H,62,66)(H,58,61,63)/t42-,45+,49-/m1/s1. The van der Waals surface area contributed by atoms with E-state index >= 15 is 0 Å². The topological polar surface area (TPSA) is 247 Å². The van der Waals surface area contributed by atoms with Crippen molar-refractivity contribution in [2.75, 3.05) is 55.8 Å². The maximum atomic E-state index is 14.0. The van der Waals surface area contributed by atoms with Gasteiger partial charge in [-0.25, -0.2) is 23.4 Å². The monoisotopic (exact) mass is 1090 g/mol. The van der Waals surface area contributed by atoms with E-state index < -0.39 is 50.9 Å². The van der Waals surface area contributed by atoms with Crippen molar-refractivity contribution in [1.82, 2.24) is 30.5 Å². The Balaban J connectivity index is 0.854. The molecular weight excluding hydrogens is 1020 g/mol. The second-order valence-corrected chi connectivity index (χ2v) is 23.1. The number of anilines is 2. The van der Waals surface area contributed by atoms with Crippen molar-refractivity contribution in [3.8, 4) is 22.3 Å². The molecule has 0 bridgehead atoms.